The molecule has 1 heterocycles. The summed E-state index contributed by atoms with van der Waals surface area (Å²) in [6.45, 7) is 0.620. The van der Waals surface area contributed by atoms with Crippen LogP contribution < -0.4 is 10.5 Å². The molecule has 1 aliphatic rings. The van der Waals surface area contributed by atoms with Crippen molar-refractivity contribution in [2.45, 2.75) is 38.0 Å². The fraction of sp³-hybridized carbons (Fsp3) is 0.643. The first-order valence-corrected chi connectivity index (χ1v) is 6.66. The largest absolute Gasteiger partial charge is 0.479 e. The Balaban J connectivity index is 2.32. The minimum atomic E-state index is -0.314. The van der Waals surface area contributed by atoms with Crippen molar-refractivity contribution >= 4 is 0 Å². The van der Waals surface area contributed by atoms with E-state index in [0.717, 1.165) is 24.8 Å². The highest BCUT2D eigenvalue weighted by Gasteiger charge is 2.27. The van der Waals surface area contributed by atoms with Crippen molar-refractivity contribution in [2.75, 3.05) is 13.7 Å². The van der Waals surface area contributed by atoms with E-state index in [2.05, 4.69) is 4.98 Å². The van der Waals surface area contributed by atoms with E-state index in [1.54, 1.807) is 12.3 Å². The summed E-state index contributed by atoms with van der Waals surface area (Å²) in [6.07, 6.45) is 7.28. The number of rotatable bonds is 3. The minimum Gasteiger partial charge on any atom is -0.479 e. The summed E-state index contributed by atoms with van der Waals surface area (Å²) < 4.78 is 19.2. The van der Waals surface area contributed by atoms with E-state index in [1.165, 1.54) is 20.0 Å². The molecular weight excluding hydrogens is 231 g/mol. The summed E-state index contributed by atoms with van der Waals surface area (Å²) in [5.74, 6) is 0.348. The van der Waals surface area contributed by atoms with E-state index in [4.69, 9.17) is 10.5 Å². The van der Waals surface area contributed by atoms with Crippen molar-refractivity contribution in [3.63, 3.8) is 0 Å². The van der Waals surface area contributed by atoms with E-state index in [-0.39, 0.29) is 17.6 Å². The van der Waals surface area contributed by atoms with Crippen LogP contribution in [0.2, 0.25) is 0 Å². The third kappa shape index (κ3) is 2.64. The summed E-state index contributed by atoms with van der Waals surface area (Å²) in [7, 11) is 1.45. The van der Waals surface area contributed by atoms with Crippen molar-refractivity contribution in [2.24, 2.45) is 11.7 Å². The fourth-order valence-corrected chi connectivity index (χ4v) is 2.94. The molecule has 1 aliphatic carbocycles. The van der Waals surface area contributed by atoms with E-state index in [0.29, 0.717) is 12.5 Å². The zero-order chi connectivity index (χ0) is 13.0. The highest BCUT2D eigenvalue weighted by molar-refractivity contribution is 5.27. The lowest BCUT2D eigenvalue weighted by Crippen LogP contribution is -2.22. The van der Waals surface area contributed by atoms with Crippen LogP contribution in [0.1, 0.15) is 43.6 Å². The van der Waals surface area contributed by atoms with Gasteiger partial charge in [-0.3, -0.25) is 0 Å². The van der Waals surface area contributed by atoms with Crippen LogP contribution >= 0.6 is 0 Å². The number of pyridine rings is 1. The number of hydrogen-bond acceptors (Lipinski definition) is 3. The first kappa shape index (κ1) is 13.3. The molecule has 1 aromatic rings. The zero-order valence-electron chi connectivity index (χ0n) is 10.9. The second-order valence-electron chi connectivity index (χ2n) is 4.96. The standard InChI is InChI=1S/C14H21FN2O/c1-18-14-13(15)12(7-8-17-14)11-6-4-2-3-5-10(11)9-16/h7-8,10-11H,2-6,9,16H2,1H3. The van der Waals surface area contributed by atoms with Crippen LogP contribution in [0.3, 0.4) is 0 Å². The van der Waals surface area contributed by atoms with E-state index in [1.807, 2.05) is 0 Å². The van der Waals surface area contributed by atoms with Crippen LogP contribution in [-0.4, -0.2) is 18.6 Å². The highest BCUT2D eigenvalue weighted by atomic mass is 19.1. The fourth-order valence-electron chi connectivity index (χ4n) is 2.94. The summed E-state index contributed by atoms with van der Waals surface area (Å²) >= 11 is 0. The molecule has 4 heteroatoms. The summed E-state index contributed by atoms with van der Waals surface area (Å²) in [6, 6.07) is 1.77. The van der Waals surface area contributed by atoms with Gasteiger partial charge in [-0.05, 0) is 42.9 Å². The van der Waals surface area contributed by atoms with Crippen molar-refractivity contribution in [3.8, 4) is 5.88 Å². The maximum absolute atomic E-state index is 14.3. The number of ether oxygens (including phenoxy) is 1. The van der Waals surface area contributed by atoms with Gasteiger partial charge >= 0.3 is 0 Å². The predicted octanol–water partition coefficient (Wildman–Crippen LogP) is 2.85. The van der Waals surface area contributed by atoms with Gasteiger partial charge in [-0.1, -0.05) is 19.3 Å². The summed E-state index contributed by atoms with van der Waals surface area (Å²) in [5.41, 5.74) is 6.57. The first-order valence-electron chi connectivity index (χ1n) is 6.66. The number of methoxy groups -OCH3 is 1. The molecule has 0 bridgehead atoms. The molecular formula is C14H21FN2O. The molecule has 2 atom stereocenters. The molecule has 1 aromatic heterocycles. The molecule has 0 aliphatic heterocycles. The molecule has 18 heavy (non-hydrogen) atoms. The van der Waals surface area contributed by atoms with Gasteiger partial charge in [0.15, 0.2) is 5.82 Å². The van der Waals surface area contributed by atoms with Crippen LogP contribution in [0.25, 0.3) is 0 Å². The Morgan fingerprint density at radius 3 is 2.89 bits per heavy atom. The SMILES string of the molecule is COc1nccc(C2CCCCCC2CN)c1F. The number of halogens is 1. The molecule has 100 valence electrons. The lowest BCUT2D eigenvalue weighted by Gasteiger charge is -2.24. The molecule has 0 aromatic carbocycles. The molecule has 2 unspecified atom stereocenters. The van der Waals surface area contributed by atoms with Crippen molar-refractivity contribution in [3.05, 3.63) is 23.6 Å². The highest BCUT2D eigenvalue weighted by Crippen LogP contribution is 2.38. The second-order valence-corrected chi connectivity index (χ2v) is 4.96. The Morgan fingerprint density at radius 2 is 2.17 bits per heavy atom. The monoisotopic (exact) mass is 252 g/mol. The molecule has 2 rings (SSSR count). The van der Waals surface area contributed by atoms with E-state index in [9.17, 15) is 4.39 Å². The summed E-state index contributed by atoms with van der Waals surface area (Å²) in [5, 5.41) is 0. The van der Waals surface area contributed by atoms with Crippen LogP contribution in [0, 0.1) is 11.7 Å². The van der Waals surface area contributed by atoms with Crippen LogP contribution in [-0.2, 0) is 0 Å². The molecule has 0 spiro atoms. The molecule has 1 fully saturated rings. The van der Waals surface area contributed by atoms with Gasteiger partial charge in [-0.2, -0.15) is 0 Å². The van der Waals surface area contributed by atoms with Crippen LogP contribution in [0.5, 0.6) is 5.88 Å². The molecule has 3 nitrogen and oxygen atoms in total. The van der Waals surface area contributed by atoms with E-state index < -0.39 is 0 Å². The Bertz CT molecular complexity index is 397. The average molecular weight is 252 g/mol. The molecule has 2 N–H and O–H groups in total. The van der Waals surface area contributed by atoms with Gasteiger partial charge in [-0.25, -0.2) is 9.37 Å². The third-order valence-electron chi connectivity index (χ3n) is 3.94. The maximum atomic E-state index is 14.3. The lowest BCUT2D eigenvalue weighted by molar-refractivity contribution is 0.352. The second kappa shape index (κ2) is 6.14. The van der Waals surface area contributed by atoms with Gasteiger partial charge in [0.05, 0.1) is 7.11 Å². The minimum absolute atomic E-state index is 0.0903. The van der Waals surface area contributed by atoms with Gasteiger partial charge in [0.25, 0.3) is 0 Å². The number of hydrogen-bond donors (Lipinski definition) is 1. The van der Waals surface area contributed by atoms with Crippen molar-refractivity contribution in [1.82, 2.24) is 4.98 Å². The number of nitrogens with two attached hydrogens (primary N) is 1. The lowest BCUT2D eigenvalue weighted by atomic mass is 9.82. The zero-order valence-corrected chi connectivity index (χ0v) is 10.9. The van der Waals surface area contributed by atoms with Crippen LogP contribution in [0.15, 0.2) is 12.3 Å². The maximum Gasteiger partial charge on any atom is 0.250 e. The van der Waals surface area contributed by atoms with Gasteiger partial charge in [0, 0.05) is 6.20 Å². The third-order valence-corrected chi connectivity index (χ3v) is 3.94. The van der Waals surface area contributed by atoms with E-state index >= 15 is 0 Å². The summed E-state index contributed by atoms with van der Waals surface area (Å²) in [4.78, 5) is 3.90. The quantitative estimate of drug-likeness (QED) is 0.841. The topological polar surface area (TPSA) is 48.1 Å². The molecule has 1 saturated carbocycles. The Hall–Kier alpha value is -1.16. The van der Waals surface area contributed by atoms with Gasteiger partial charge in [0.2, 0.25) is 5.88 Å². The van der Waals surface area contributed by atoms with Gasteiger partial charge in [0.1, 0.15) is 0 Å². The number of aromatic nitrogens is 1. The number of nitrogens with zero attached hydrogens (tertiary/aromatic N) is 1. The smallest absolute Gasteiger partial charge is 0.250 e. The Labute approximate surface area is 108 Å². The normalized spacial score (nSPS) is 24.6. The van der Waals surface area contributed by atoms with Gasteiger partial charge < -0.3 is 10.5 Å². The molecule has 0 saturated heterocycles. The molecule has 0 radical (unpaired) electrons. The Kier molecular flexibility index (Phi) is 4.53. The van der Waals surface area contributed by atoms with Crippen LogP contribution in [0.4, 0.5) is 4.39 Å². The predicted molar refractivity (Wildman–Crippen MR) is 69.1 cm³/mol. The average Bonchev–Trinajstić information content (AvgIpc) is 2.64. The van der Waals surface area contributed by atoms with Crippen molar-refractivity contribution in [1.29, 1.82) is 0 Å². The Morgan fingerprint density at radius 1 is 1.39 bits per heavy atom. The molecule has 0 amide bonds. The van der Waals surface area contributed by atoms with Crippen molar-refractivity contribution < 1.29 is 9.13 Å². The first-order chi connectivity index (χ1) is 8.77. The van der Waals surface area contributed by atoms with Gasteiger partial charge in [-0.15, -0.1) is 0 Å².